The number of carbonyl (C=O) groups is 2. The molecule has 2 N–H and O–H groups in total. The molecule has 6 nitrogen and oxygen atoms in total. The number of rotatable bonds is 6. The smallest absolute Gasteiger partial charge is 0.321 e. The highest BCUT2D eigenvalue weighted by Crippen LogP contribution is 2.12. The molecule has 29 heavy (non-hydrogen) atoms. The topological polar surface area (TPSA) is 64.7 Å². The highest BCUT2D eigenvalue weighted by molar-refractivity contribution is 5.96. The molecule has 2 aromatic carbocycles. The summed E-state index contributed by atoms with van der Waals surface area (Å²) in [5.41, 5.74) is 3.59. The Balaban J connectivity index is 1.40. The van der Waals surface area contributed by atoms with E-state index in [-0.39, 0.29) is 11.9 Å². The number of hydrogen-bond acceptors (Lipinski definition) is 4. The first kappa shape index (κ1) is 21.0. The lowest BCUT2D eigenvalue weighted by Crippen LogP contribution is -2.55. The van der Waals surface area contributed by atoms with Crippen LogP contribution in [0.3, 0.4) is 0 Å². The van der Waals surface area contributed by atoms with Gasteiger partial charge in [0.15, 0.2) is 0 Å². The molecule has 1 saturated heterocycles. The van der Waals surface area contributed by atoms with E-state index in [0.29, 0.717) is 6.54 Å². The zero-order valence-corrected chi connectivity index (χ0v) is 17.2. The first-order chi connectivity index (χ1) is 14.0. The van der Waals surface area contributed by atoms with Crippen LogP contribution >= 0.6 is 0 Å². The zero-order valence-electron chi connectivity index (χ0n) is 17.2. The normalized spacial score (nSPS) is 16.2. The van der Waals surface area contributed by atoms with Crippen molar-refractivity contribution >= 4 is 11.9 Å². The third-order valence-corrected chi connectivity index (χ3v) is 5.36. The van der Waals surface area contributed by atoms with Gasteiger partial charge in [-0.05, 0) is 25.0 Å². The van der Waals surface area contributed by atoms with Gasteiger partial charge in [0.25, 0.3) is 0 Å². The van der Waals surface area contributed by atoms with Crippen LogP contribution in [0, 0.1) is 6.92 Å². The van der Waals surface area contributed by atoms with Crippen molar-refractivity contribution in [1.82, 2.24) is 20.4 Å². The lowest BCUT2D eigenvalue weighted by Gasteiger charge is -2.37. The molecule has 2 aromatic rings. The van der Waals surface area contributed by atoms with Crippen molar-refractivity contribution in [2.45, 2.75) is 33.0 Å². The molecule has 6 heteroatoms. The van der Waals surface area contributed by atoms with Crippen molar-refractivity contribution < 1.29 is 9.59 Å². The SMILES string of the molecule is Cc1cccc(CN2CCN(C(C)C(=O)NC(=O)NCc3ccccc3)CC2)c1. The summed E-state index contributed by atoms with van der Waals surface area (Å²) in [6.07, 6.45) is 0. The van der Waals surface area contributed by atoms with Gasteiger partial charge in [-0.25, -0.2) is 4.79 Å². The number of carbonyl (C=O) groups excluding carboxylic acids is 2. The van der Waals surface area contributed by atoms with Gasteiger partial charge in [-0.15, -0.1) is 0 Å². The van der Waals surface area contributed by atoms with Crippen molar-refractivity contribution in [2.75, 3.05) is 26.2 Å². The number of nitrogens with one attached hydrogen (secondary N) is 2. The summed E-state index contributed by atoms with van der Waals surface area (Å²) in [6, 6.07) is 17.4. The fourth-order valence-corrected chi connectivity index (χ4v) is 3.58. The summed E-state index contributed by atoms with van der Waals surface area (Å²) >= 11 is 0. The number of benzene rings is 2. The molecule has 3 rings (SSSR count). The Labute approximate surface area is 172 Å². The van der Waals surface area contributed by atoms with Gasteiger partial charge < -0.3 is 5.32 Å². The van der Waals surface area contributed by atoms with Crippen LogP contribution in [-0.4, -0.2) is 54.0 Å². The van der Waals surface area contributed by atoms with Gasteiger partial charge in [0.1, 0.15) is 0 Å². The van der Waals surface area contributed by atoms with E-state index in [1.54, 1.807) is 0 Å². The maximum Gasteiger partial charge on any atom is 0.321 e. The summed E-state index contributed by atoms with van der Waals surface area (Å²) in [7, 11) is 0. The van der Waals surface area contributed by atoms with Crippen LogP contribution in [0.2, 0.25) is 0 Å². The summed E-state index contributed by atoms with van der Waals surface area (Å²) in [4.78, 5) is 29.0. The molecular formula is C23H30N4O2. The van der Waals surface area contributed by atoms with E-state index in [0.717, 1.165) is 38.3 Å². The molecule has 0 radical (unpaired) electrons. The van der Waals surface area contributed by atoms with E-state index in [4.69, 9.17) is 0 Å². The van der Waals surface area contributed by atoms with E-state index in [9.17, 15) is 9.59 Å². The van der Waals surface area contributed by atoms with E-state index in [1.165, 1.54) is 11.1 Å². The summed E-state index contributed by atoms with van der Waals surface area (Å²) in [5, 5.41) is 5.19. The first-order valence-electron chi connectivity index (χ1n) is 10.2. The van der Waals surface area contributed by atoms with Crippen LogP contribution in [-0.2, 0) is 17.9 Å². The summed E-state index contributed by atoms with van der Waals surface area (Å²) < 4.78 is 0. The lowest BCUT2D eigenvalue weighted by molar-refractivity contribution is -0.125. The molecule has 1 fully saturated rings. The molecule has 1 unspecified atom stereocenters. The second kappa shape index (κ2) is 10.2. The maximum atomic E-state index is 12.4. The average Bonchev–Trinajstić information content (AvgIpc) is 2.73. The van der Waals surface area contributed by atoms with Crippen molar-refractivity contribution in [3.63, 3.8) is 0 Å². The molecule has 3 amide bonds. The van der Waals surface area contributed by atoms with Gasteiger partial charge >= 0.3 is 6.03 Å². The van der Waals surface area contributed by atoms with Crippen LogP contribution in [0.25, 0.3) is 0 Å². The standard InChI is InChI=1S/C23H30N4O2/c1-18-7-6-10-21(15-18)17-26-11-13-27(14-12-26)19(2)22(28)25-23(29)24-16-20-8-4-3-5-9-20/h3-10,15,19H,11-14,16-17H2,1-2H3,(H2,24,25,28,29). The lowest BCUT2D eigenvalue weighted by atomic mass is 10.1. The molecule has 0 aliphatic carbocycles. The van der Waals surface area contributed by atoms with Gasteiger partial charge in [0, 0.05) is 39.3 Å². The van der Waals surface area contributed by atoms with Crippen LogP contribution in [0.5, 0.6) is 0 Å². The predicted molar refractivity (Wildman–Crippen MR) is 114 cm³/mol. The summed E-state index contributed by atoms with van der Waals surface area (Å²) in [5.74, 6) is -0.261. The molecule has 1 aliphatic rings. The van der Waals surface area contributed by atoms with Gasteiger partial charge in [0.2, 0.25) is 5.91 Å². The number of piperazine rings is 1. The minimum atomic E-state index is -0.455. The Morgan fingerprint density at radius 3 is 2.34 bits per heavy atom. The second-order valence-electron chi connectivity index (χ2n) is 7.63. The van der Waals surface area contributed by atoms with Gasteiger partial charge in [-0.3, -0.25) is 19.9 Å². The molecule has 1 heterocycles. The van der Waals surface area contributed by atoms with Gasteiger partial charge in [-0.2, -0.15) is 0 Å². The van der Waals surface area contributed by atoms with Crippen LogP contribution in [0.1, 0.15) is 23.6 Å². The van der Waals surface area contributed by atoms with Crippen molar-refractivity contribution in [3.05, 3.63) is 71.3 Å². The Morgan fingerprint density at radius 1 is 0.966 bits per heavy atom. The molecular weight excluding hydrogens is 364 g/mol. The first-order valence-corrected chi connectivity index (χ1v) is 10.2. The Bertz CT molecular complexity index is 817. The van der Waals surface area contributed by atoms with Crippen LogP contribution in [0.4, 0.5) is 4.79 Å². The van der Waals surface area contributed by atoms with E-state index in [2.05, 4.69) is 51.6 Å². The molecule has 0 bridgehead atoms. The fourth-order valence-electron chi connectivity index (χ4n) is 3.58. The maximum absolute atomic E-state index is 12.4. The fraction of sp³-hybridized carbons (Fsp3) is 0.391. The number of amides is 3. The largest absolute Gasteiger partial charge is 0.334 e. The molecule has 0 aromatic heterocycles. The van der Waals surface area contributed by atoms with Crippen LogP contribution < -0.4 is 10.6 Å². The predicted octanol–water partition coefficient (Wildman–Crippen LogP) is 2.53. The number of imide groups is 1. The molecule has 0 saturated carbocycles. The average molecular weight is 395 g/mol. The summed E-state index contributed by atoms with van der Waals surface area (Å²) in [6.45, 7) is 8.73. The third kappa shape index (κ3) is 6.41. The van der Waals surface area contributed by atoms with Crippen LogP contribution in [0.15, 0.2) is 54.6 Å². The quantitative estimate of drug-likeness (QED) is 0.790. The third-order valence-electron chi connectivity index (χ3n) is 5.36. The Morgan fingerprint density at radius 2 is 1.66 bits per heavy atom. The number of nitrogens with zero attached hydrogens (tertiary/aromatic N) is 2. The van der Waals surface area contributed by atoms with Crippen molar-refractivity contribution in [2.24, 2.45) is 0 Å². The molecule has 1 aliphatic heterocycles. The number of hydrogen-bond donors (Lipinski definition) is 2. The number of urea groups is 1. The van der Waals surface area contributed by atoms with Gasteiger partial charge in [-0.1, -0.05) is 60.2 Å². The minimum Gasteiger partial charge on any atom is -0.334 e. The van der Waals surface area contributed by atoms with Crippen molar-refractivity contribution in [3.8, 4) is 0 Å². The monoisotopic (exact) mass is 394 g/mol. The molecule has 154 valence electrons. The van der Waals surface area contributed by atoms with E-state index < -0.39 is 6.03 Å². The van der Waals surface area contributed by atoms with Gasteiger partial charge in [0.05, 0.1) is 6.04 Å². The second-order valence-corrected chi connectivity index (χ2v) is 7.63. The Kier molecular flexibility index (Phi) is 7.38. The molecule has 1 atom stereocenters. The highest BCUT2D eigenvalue weighted by atomic mass is 16.2. The molecule has 0 spiro atoms. The zero-order chi connectivity index (χ0) is 20.6. The van der Waals surface area contributed by atoms with Crippen molar-refractivity contribution in [1.29, 1.82) is 0 Å². The van der Waals surface area contributed by atoms with E-state index in [1.807, 2.05) is 37.3 Å². The minimum absolute atomic E-state index is 0.261. The van der Waals surface area contributed by atoms with E-state index >= 15 is 0 Å². The highest BCUT2D eigenvalue weighted by Gasteiger charge is 2.26. The Hall–Kier alpha value is -2.70. The number of aryl methyl sites for hydroxylation is 1.